The highest BCUT2D eigenvalue weighted by molar-refractivity contribution is 6.00. The van der Waals surface area contributed by atoms with Crippen molar-refractivity contribution in [3.8, 4) is 11.5 Å². The Kier molecular flexibility index (Phi) is 6.90. The number of esters is 1. The van der Waals surface area contributed by atoms with Crippen LogP contribution >= 0.6 is 0 Å². The average Bonchev–Trinajstić information content (AvgIpc) is 2.76. The Balaban J connectivity index is 1.46. The number of rotatable bonds is 8. The minimum Gasteiger partial charge on any atom is -0.496 e. The predicted molar refractivity (Wildman–Crippen MR) is 109 cm³/mol. The van der Waals surface area contributed by atoms with Crippen LogP contribution in [0.2, 0.25) is 0 Å². The summed E-state index contributed by atoms with van der Waals surface area (Å²) in [6.07, 6.45) is -0.663. The number of hydrogen-bond donors (Lipinski definition) is 1. The Morgan fingerprint density at radius 2 is 1.87 bits per heavy atom. The quantitative estimate of drug-likeness (QED) is 0.667. The zero-order valence-corrected chi connectivity index (χ0v) is 16.9. The number of nitrogens with one attached hydrogen (secondary N) is 1. The van der Waals surface area contributed by atoms with Crippen molar-refractivity contribution in [2.75, 3.05) is 25.2 Å². The second kappa shape index (κ2) is 9.78. The Morgan fingerprint density at radius 1 is 1.13 bits per heavy atom. The van der Waals surface area contributed by atoms with Gasteiger partial charge in [-0.3, -0.25) is 14.4 Å². The molecule has 0 saturated heterocycles. The van der Waals surface area contributed by atoms with Gasteiger partial charge in [-0.25, -0.2) is 0 Å². The fourth-order valence-electron chi connectivity index (χ4n) is 3.10. The molecule has 1 heterocycles. The Bertz CT molecular complexity index is 929. The van der Waals surface area contributed by atoms with Crippen molar-refractivity contribution >= 4 is 23.5 Å². The molecule has 0 saturated carbocycles. The highest BCUT2D eigenvalue weighted by Crippen LogP contribution is 2.33. The maximum atomic E-state index is 12.4. The van der Waals surface area contributed by atoms with Gasteiger partial charge in [0.05, 0.1) is 19.2 Å². The molecule has 2 aromatic carbocycles. The second-order valence-corrected chi connectivity index (χ2v) is 6.72. The van der Waals surface area contributed by atoms with E-state index in [0.717, 1.165) is 5.56 Å². The van der Waals surface area contributed by atoms with Crippen molar-refractivity contribution in [2.45, 2.75) is 26.0 Å². The molecule has 8 nitrogen and oxygen atoms in total. The monoisotopic (exact) mass is 412 g/mol. The summed E-state index contributed by atoms with van der Waals surface area (Å²) in [5.74, 6) is 0.0479. The first kappa shape index (κ1) is 21.2. The van der Waals surface area contributed by atoms with E-state index in [4.69, 9.17) is 14.2 Å². The van der Waals surface area contributed by atoms with Crippen LogP contribution in [0.25, 0.3) is 0 Å². The number of ether oxygens (including phenoxy) is 3. The molecule has 0 aromatic heterocycles. The number of para-hydroxylation sites is 3. The van der Waals surface area contributed by atoms with E-state index >= 15 is 0 Å². The lowest BCUT2D eigenvalue weighted by molar-refractivity contribution is -0.148. The molecule has 1 aliphatic heterocycles. The van der Waals surface area contributed by atoms with E-state index < -0.39 is 24.6 Å². The molecule has 30 heavy (non-hydrogen) atoms. The summed E-state index contributed by atoms with van der Waals surface area (Å²) >= 11 is 0. The van der Waals surface area contributed by atoms with Crippen LogP contribution in [-0.4, -0.2) is 44.1 Å². The molecule has 1 aliphatic rings. The van der Waals surface area contributed by atoms with E-state index in [-0.39, 0.29) is 25.4 Å². The zero-order valence-electron chi connectivity index (χ0n) is 16.9. The van der Waals surface area contributed by atoms with Gasteiger partial charge in [0.25, 0.3) is 11.8 Å². The molecule has 3 rings (SSSR count). The number of amides is 2. The van der Waals surface area contributed by atoms with Crippen LogP contribution in [0.4, 0.5) is 5.69 Å². The summed E-state index contributed by atoms with van der Waals surface area (Å²) in [7, 11) is 1.56. The number of nitrogens with zero attached hydrogens (tertiary/aromatic N) is 1. The van der Waals surface area contributed by atoms with Gasteiger partial charge in [-0.1, -0.05) is 30.3 Å². The van der Waals surface area contributed by atoms with Crippen molar-refractivity contribution in [3.05, 3.63) is 54.1 Å². The summed E-state index contributed by atoms with van der Waals surface area (Å²) < 4.78 is 15.8. The number of carbonyl (C=O) groups is 3. The van der Waals surface area contributed by atoms with E-state index in [9.17, 15) is 14.4 Å². The topological polar surface area (TPSA) is 94.2 Å². The Morgan fingerprint density at radius 3 is 2.67 bits per heavy atom. The standard InChI is InChI=1S/C22H24N2O6/c1-15-22(27)24(17-8-4-6-10-19(17)30-15)12-11-21(26)29-14-20(25)23-13-16-7-3-5-9-18(16)28-2/h3-10,15H,11-14H2,1-2H3,(H,23,25). The third kappa shape index (κ3) is 5.08. The average molecular weight is 412 g/mol. The molecule has 1 unspecified atom stereocenters. The first-order valence-electron chi connectivity index (χ1n) is 9.61. The van der Waals surface area contributed by atoms with Gasteiger partial charge in [-0.15, -0.1) is 0 Å². The smallest absolute Gasteiger partial charge is 0.308 e. The largest absolute Gasteiger partial charge is 0.496 e. The lowest BCUT2D eigenvalue weighted by atomic mass is 10.2. The highest BCUT2D eigenvalue weighted by atomic mass is 16.5. The van der Waals surface area contributed by atoms with Gasteiger partial charge in [0, 0.05) is 18.7 Å². The SMILES string of the molecule is COc1ccccc1CNC(=O)COC(=O)CCN1C(=O)C(C)Oc2ccccc21. The Labute approximate surface area is 174 Å². The van der Waals surface area contributed by atoms with Gasteiger partial charge in [0.15, 0.2) is 12.7 Å². The minimum absolute atomic E-state index is 0.0351. The Hall–Kier alpha value is -3.55. The second-order valence-electron chi connectivity index (χ2n) is 6.72. The fourth-order valence-corrected chi connectivity index (χ4v) is 3.10. The van der Waals surface area contributed by atoms with Gasteiger partial charge in [0.1, 0.15) is 11.5 Å². The highest BCUT2D eigenvalue weighted by Gasteiger charge is 2.31. The molecule has 0 spiro atoms. The molecule has 2 amide bonds. The minimum atomic E-state index is -0.628. The number of benzene rings is 2. The number of carbonyl (C=O) groups excluding carboxylic acids is 3. The van der Waals surface area contributed by atoms with E-state index in [1.165, 1.54) is 4.90 Å². The number of anilines is 1. The van der Waals surface area contributed by atoms with Crippen LogP contribution in [0.5, 0.6) is 11.5 Å². The molecule has 8 heteroatoms. The maximum Gasteiger partial charge on any atom is 0.308 e. The van der Waals surface area contributed by atoms with Crippen molar-refractivity contribution in [1.82, 2.24) is 5.32 Å². The maximum absolute atomic E-state index is 12.4. The molecular formula is C22H24N2O6. The van der Waals surface area contributed by atoms with E-state index in [1.54, 1.807) is 38.3 Å². The fraction of sp³-hybridized carbons (Fsp3) is 0.318. The lowest BCUT2D eigenvalue weighted by Gasteiger charge is -2.32. The molecule has 0 fully saturated rings. The first-order chi connectivity index (χ1) is 14.5. The third-order valence-electron chi connectivity index (χ3n) is 4.65. The molecule has 0 bridgehead atoms. The first-order valence-corrected chi connectivity index (χ1v) is 9.61. The predicted octanol–water partition coefficient (Wildman–Crippen LogP) is 2.06. The van der Waals surface area contributed by atoms with E-state index in [0.29, 0.717) is 17.2 Å². The zero-order chi connectivity index (χ0) is 21.5. The van der Waals surface area contributed by atoms with Crippen molar-refractivity contribution < 1.29 is 28.6 Å². The third-order valence-corrected chi connectivity index (χ3v) is 4.65. The normalized spacial score (nSPS) is 15.1. The number of fused-ring (bicyclic) bond motifs is 1. The molecule has 2 aromatic rings. The molecule has 1 atom stereocenters. The van der Waals surface area contributed by atoms with Gasteiger partial charge in [-0.05, 0) is 25.1 Å². The molecule has 158 valence electrons. The van der Waals surface area contributed by atoms with Crippen LogP contribution < -0.4 is 19.7 Å². The van der Waals surface area contributed by atoms with Crippen LogP contribution in [0.3, 0.4) is 0 Å². The van der Waals surface area contributed by atoms with Gasteiger partial charge < -0.3 is 24.4 Å². The molecular weight excluding hydrogens is 388 g/mol. The van der Waals surface area contributed by atoms with Crippen LogP contribution in [0.1, 0.15) is 18.9 Å². The molecule has 0 radical (unpaired) electrons. The number of methoxy groups -OCH3 is 1. The van der Waals surface area contributed by atoms with Crippen LogP contribution in [0, 0.1) is 0 Å². The van der Waals surface area contributed by atoms with Gasteiger partial charge in [0.2, 0.25) is 0 Å². The molecule has 0 aliphatic carbocycles. The van der Waals surface area contributed by atoms with Crippen molar-refractivity contribution in [3.63, 3.8) is 0 Å². The summed E-state index contributed by atoms with van der Waals surface area (Å²) in [4.78, 5) is 38.0. The van der Waals surface area contributed by atoms with E-state index in [2.05, 4.69) is 5.32 Å². The lowest BCUT2D eigenvalue weighted by Crippen LogP contribution is -2.45. The summed E-state index contributed by atoms with van der Waals surface area (Å²) in [5.41, 5.74) is 1.43. The summed E-state index contributed by atoms with van der Waals surface area (Å²) in [6, 6.07) is 14.5. The number of hydrogen-bond acceptors (Lipinski definition) is 6. The summed E-state index contributed by atoms with van der Waals surface area (Å²) in [5, 5.41) is 2.68. The van der Waals surface area contributed by atoms with Gasteiger partial charge >= 0.3 is 5.97 Å². The van der Waals surface area contributed by atoms with Crippen molar-refractivity contribution in [2.24, 2.45) is 0 Å². The van der Waals surface area contributed by atoms with E-state index in [1.807, 2.05) is 24.3 Å². The molecule has 1 N–H and O–H groups in total. The summed E-state index contributed by atoms with van der Waals surface area (Å²) in [6.45, 7) is 1.68. The van der Waals surface area contributed by atoms with Crippen molar-refractivity contribution in [1.29, 1.82) is 0 Å². The van der Waals surface area contributed by atoms with Gasteiger partial charge in [-0.2, -0.15) is 0 Å². The van der Waals surface area contributed by atoms with Crippen LogP contribution in [-0.2, 0) is 25.7 Å². The van der Waals surface area contributed by atoms with Crippen LogP contribution in [0.15, 0.2) is 48.5 Å².